The number of aryl methyl sites for hydroxylation is 1. The lowest BCUT2D eigenvalue weighted by molar-refractivity contribution is -0.135. The molecule has 0 aliphatic carbocycles. The number of para-hydroxylation sites is 1. The molecule has 0 atom stereocenters. The summed E-state index contributed by atoms with van der Waals surface area (Å²) in [6.45, 7) is 2.57. The maximum atomic E-state index is 13.0. The Morgan fingerprint density at radius 2 is 1.83 bits per heavy atom. The average molecular weight is 475 g/mol. The van der Waals surface area contributed by atoms with Crippen LogP contribution in [0.4, 0.5) is 5.69 Å². The van der Waals surface area contributed by atoms with Crippen LogP contribution >= 0.6 is 0 Å². The zero-order chi connectivity index (χ0) is 24.5. The van der Waals surface area contributed by atoms with Gasteiger partial charge < -0.3 is 23.9 Å². The minimum absolute atomic E-state index is 0.101. The fourth-order valence-corrected chi connectivity index (χ4v) is 3.43. The number of carbonyl (C=O) groups is 2. The number of benzene rings is 2. The second-order valence-corrected chi connectivity index (χ2v) is 7.71. The Bertz CT molecular complexity index is 1220. The molecule has 2 heterocycles. The van der Waals surface area contributed by atoms with Crippen LogP contribution in [0.2, 0.25) is 0 Å². The zero-order valence-corrected chi connectivity index (χ0v) is 19.3. The number of ether oxygens (including phenoxy) is 1. The second kappa shape index (κ2) is 11.6. The Morgan fingerprint density at radius 3 is 2.54 bits per heavy atom. The van der Waals surface area contributed by atoms with Crippen LogP contribution in [0.1, 0.15) is 25.0 Å². The summed E-state index contributed by atoms with van der Waals surface area (Å²) in [4.78, 5) is 31.4. The van der Waals surface area contributed by atoms with Crippen LogP contribution in [0.3, 0.4) is 0 Å². The SMILES string of the molecule is CCOc1ccc(-c2noc(CCC(=O)N(CC(=O)Nc3ccccc3)Cc3ccco3)n2)cc1. The molecule has 2 amide bonds. The van der Waals surface area contributed by atoms with Gasteiger partial charge in [0, 0.05) is 24.1 Å². The van der Waals surface area contributed by atoms with Gasteiger partial charge in [-0.05, 0) is 55.5 Å². The molecule has 35 heavy (non-hydrogen) atoms. The standard InChI is InChI=1S/C26H26N4O5/c1-2-33-21-12-10-19(11-13-21)26-28-24(35-29-26)14-15-25(32)30(17-22-9-6-16-34-22)18-23(31)27-20-7-4-3-5-8-20/h3-13,16H,2,14-15,17-18H2,1H3,(H,27,31). The Kier molecular flexibility index (Phi) is 7.90. The van der Waals surface area contributed by atoms with Gasteiger partial charge in [0.15, 0.2) is 0 Å². The molecule has 0 spiro atoms. The number of amides is 2. The zero-order valence-electron chi connectivity index (χ0n) is 19.3. The van der Waals surface area contributed by atoms with Crippen LogP contribution in [0.5, 0.6) is 5.75 Å². The van der Waals surface area contributed by atoms with Gasteiger partial charge in [-0.2, -0.15) is 4.98 Å². The van der Waals surface area contributed by atoms with E-state index in [1.165, 1.54) is 11.2 Å². The lowest BCUT2D eigenvalue weighted by Gasteiger charge is -2.21. The summed E-state index contributed by atoms with van der Waals surface area (Å²) in [6, 6.07) is 20.0. The van der Waals surface area contributed by atoms with Crippen LogP contribution in [-0.4, -0.2) is 40.0 Å². The van der Waals surface area contributed by atoms with E-state index >= 15 is 0 Å². The van der Waals surface area contributed by atoms with Crippen LogP contribution < -0.4 is 10.1 Å². The summed E-state index contributed by atoms with van der Waals surface area (Å²) in [5.74, 6) is 1.59. The molecule has 0 fully saturated rings. The van der Waals surface area contributed by atoms with Gasteiger partial charge in [-0.1, -0.05) is 23.4 Å². The number of carbonyl (C=O) groups excluding carboxylic acids is 2. The topological polar surface area (TPSA) is 111 Å². The van der Waals surface area contributed by atoms with Gasteiger partial charge in [-0.15, -0.1) is 0 Å². The average Bonchev–Trinajstić information content (AvgIpc) is 3.56. The highest BCUT2D eigenvalue weighted by molar-refractivity contribution is 5.94. The molecule has 0 aliphatic heterocycles. The predicted molar refractivity (Wildman–Crippen MR) is 128 cm³/mol. The van der Waals surface area contributed by atoms with Crippen molar-refractivity contribution in [2.75, 3.05) is 18.5 Å². The molecule has 4 rings (SSSR count). The van der Waals surface area contributed by atoms with Crippen molar-refractivity contribution in [2.45, 2.75) is 26.3 Å². The third-order valence-corrected chi connectivity index (χ3v) is 5.12. The van der Waals surface area contributed by atoms with Crippen LogP contribution in [0.15, 0.2) is 81.9 Å². The fraction of sp³-hybridized carbons (Fsp3) is 0.231. The van der Waals surface area contributed by atoms with Gasteiger partial charge in [0.05, 0.1) is 19.4 Å². The fourth-order valence-electron chi connectivity index (χ4n) is 3.43. The number of nitrogens with zero attached hydrogens (tertiary/aromatic N) is 3. The smallest absolute Gasteiger partial charge is 0.244 e. The molecule has 1 N–H and O–H groups in total. The quantitative estimate of drug-likeness (QED) is 0.344. The molecule has 0 saturated heterocycles. The highest BCUT2D eigenvalue weighted by atomic mass is 16.5. The van der Waals surface area contributed by atoms with Gasteiger partial charge in [0.25, 0.3) is 0 Å². The van der Waals surface area contributed by atoms with E-state index in [0.29, 0.717) is 29.8 Å². The number of hydrogen-bond donors (Lipinski definition) is 1. The summed E-state index contributed by atoms with van der Waals surface area (Å²) in [7, 11) is 0. The van der Waals surface area contributed by atoms with E-state index in [-0.39, 0.29) is 37.7 Å². The molecule has 2 aromatic heterocycles. The lowest BCUT2D eigenvalue weighted by Crippen LogP contribution is -2.37. The molecule has 9 nitrogen and oxygen atoms in total. The van der Waals surface area contributed by atoms with E-state index in [4.69, 9.17) is 13.7 Å². The van der Waals surface area contributed by atoms with Crippen molar-refractivity contribution in [1.29, 1.82) is 0 Å². The minimum Gasteiger partial charge on any atom is -0.494 e. The first kappa shape index (κ1) is 23.7. The molecular formula is C26H26N4O5. The summed E-state index contributed by atoms with van der Waals surface area (Å²) in [5.41, 5.74) is 1.45. The highest BCUT2D eigenvalue weighted by Crippen LogP contribution is 2.20. The molecule has 4 aromatic rings. The first-order valence-electron chi connectivity index (χ1n) is 11.3. The number of furan rings is 1. The van der Waals surface area contributed by atoms with E-state index in [0.717, 1.165) is 11.3 Å². The molecule has 180 valence electrons. The van der Waals surface area contributed by atoms with Gasteiger partial charge in [0.1, 0.15) is 18.1 Å². The van der Waals surface area contributed by atoms with Crippen molar-refractivity contribution in [3.8, 4) is 17.1 Å². The number of hydrogen-bond acceptors (Lipinski definition) is 7. The molecule has 0 radical (unpaired) electrons. The molecule has 9 heteroatoms. The van der Waals surface area contributed by atoms with Crippen molar-refractivity contribution in [3.05, 3.63) is 84.6 Å². The Hall–Kier alpha value is -4.40. The maximum Gasteiger partial charge on any atom is 0.244 e. The molecule has 0 aliphatic rings. The van der Waals surface area contributed by atoms with Crippen LogP contribution in [0.25, 0.3) is 11.4 Å². The van der Waals surface area contributed by atoms with E-state index in [9.17, 15) is 9.59 Å². The predicted octanol–water partition coefficient (Wildman–Crippen LogP) is 4.33. The first-order chi connectivity index (χ1) is 17.1. The summed E-state index contributed by atoms with van der Waals surface area (Å²) < 4.78 is 16.2. The molecule has 0 bridgehead atoms. The Balaban J connectivity index is 1.37. The van der Waals surface area contributed by atoms with Crippen molar-refractivity contribution >= 4 is 17.5 Å². The summed E-state index contributed by atoms with van der Waals surface area (Å²) >= 11 is 0. The lowest BCUT2D eigenvalue weighted by atomic mass is 10.2. The number of rotatable bonds is 11. The van der Waals surface area contributed by atoms with Gasteiger partial charge >= 0.3 is 0 Å². The van der Waals surface area contributed by atoms with Crippen molar-refractivity contribution < 1.29 is 23.3 Å². The molecule has 2 aromatic carbocycles. The first-order valence-corrected chi connectivity index (χ1v) is 11.3. The van der Waals surface area contributed by atoms with Gasteiger partial charge in [-0.25, -0.2) is 0 Å². The Labute approximate surface area is 202 Å². The highest BCUT2D eigenvalue weighted by Gasteiger charge is 2.20. The largest absolute Gasteiger partial charge is 0.494 e. The van der Waals surface area contributed by atoms with E-state index in [1.54, 1.807) is 24.3 Å². The third-order valence-electron chi connectivity index (χ3n) is 5.12. The monoisotopic (exact) mass is 474 g/mol. The van der Waals surface area contributed by atoms with E-state index in [2.05, 4.69) is 15.5 Å². The maximum absolute atomic E-state index is 13.0. The summed E-state index contributed by atoms with van der Waals surface area (Å²) in [6.07, 6.45) is 1.88. The van der Waals surface area contributed by atoms with Crippen molar-refractivity contribution in [3.63, 3.8) is 0 Å². The summed E-state index contributed by atoms with van der Waals surface area (Å²) in [5, 5.41) is 6.81. The van der Waals surface area contributed by atoms with Crippen molar-refractivity contribution in [1.82, 2.24) is 15.0 Å². The minimum atomic E-state index is -0.299. The second-order valence-electron chi connectivity index (χ2n) is 7.71. The van der Waals surface area contributed by atoms with Crippen LogP contribution in [0, 0.1) is 0 Å². The number of nitrogens with one attached hydrogen (secondary N) is 1. The Morgan fingerprint density at radius 1 is 1.03 bits per heavy atom. The normalized spacial score (nSPS) is 10.7. The third kappa shape index (κ3) is 6.80. The molecular weight excluding hydrogens is 448 g/mol. The van der Waals surface area contributed by atoms with Crippen molar-refractivity contribution in [2.24, 2.45) is 0 Å². The van der Waals surface area contributed by atoms with E-state index in [1.807, 2.05) is 49.4 Å². The van der Waals surface area contributed by atoms with Gasteiger partial charge in [-0.3, -0.25) is 9.59 Å². The number of aromatic nitrogens is 2. The number of anilines is 1. The van der Waals surface area contributed by atoms with Gasteiger partial charge in [0.2, 0.25) is 23.5 Å². The molecule has 0 unspecified atom stereocenters. The van der Waals surface area contributed by atoms with E-state index < -0.39 is 0 Å². The molecule has 0 saturated carbocycles. The van der Waals surface area contributed by atoms with Crippen LogP contribution in [-0.2, 0) is 22.6 Å².